The number of benzene rings is 2. The van der Waals surface area contributed by atoms with Gasteiger partial charge in [0.05, 0.1) is 39.9 Å². The average molecular weight is 828 g/mol. The molecule has 7 rings (SSSR count). The largest absolute Gasteiger partial charge is 0.489 e. The van der Waals surface area contributed by atoms with Crippen molar-refractivity contribution in [3.05, 3.63) is 58.2 Å². The van der Waals surface area contributed by atoms with Crippen molar-refractivity contribution in [1.29, 1.82) is 5.26 Å². The van der Waals surface area contributed by atoms with E-state index in [-0.39, 0.29) is 84.6 Å². The van der Waals surface area contributed by atoms with Gasteiger partial charge in [0.1, 0.15) is 40.6 Å². The van der Waals surface area contributed by atoms with Crippen molar-refractivity contribution in [2.45, 2.75) is 67.5 Å². The number of aliphatic hydroxyl groups is 1. The zero-order valence-electron chi connectivity index (χ0n) is 34.5. The summed E-state index contributed by atoms with van der Waals surface area (Å²) in [6.07, 6.45) is 1.61. The van der Waals surface area contributed by atoms with E-state index in [1.54, 1.807) is 19.2 Å². The number of thiophene rings is 1. The SMILES string of the molecule is CC.CC.CC1[C@@H](COc2nc3c4c(c(Cl)c(-c5ccc(F)c6sc(N)c(C#N)c56)c(F)c4n2)OCCN3[C@H](C)c2cccnc2N)CN1C.CCNC.CCO. The Morgan fingerprint density at radius 1 is 1.16 bits per heavy atom. The van der Waals surface area contributed by atoms with Crippen molar-refractivity contribution < 1.29 is 23.4 Å². The quantitative estimate of drug-likeness (QED) is 0.124. The molecule has 2 aromatic carbocycles. The molecule has 5 aromatic rings. The van der Waals surface area contributed by atoms with E-state index in [4.69, 9.17) is 42.6 Å². The Bertz CT molecular complexity index is 2150. The van der Waals surface area contributed by atoms with Gasteiger partial charge in [-0.3, -0.25) is 0 Å². The number of nitrogens with two attached hydrogens (primary N) is 2. The monoisotopic (exact) mass is 827 g/mol. The highest BCUT2D eigenvalue weighted by Crippen LogP contribution is 2.51. The van der Waals surface area contributed by atoms with E-state index in [1.807, 2.05) is 65.7 Å². The van der Waals surface area contributed by atoms with Crippen LogP contribution in [-0.2, 0) is 0 Å². The first-order valence-corrected chi connectivity index (χ1v) is 20.4. The maximum atomic E-state index is 17.1. The summed E-state index contributed by atoms with van der Waals surface area (Å²) in [5, 5.41) is 20.9. The van der Waals surface area contributed by atoms with Gasteiger partial charge in [-0.05, 0) is 59.1 Å². The molecule has 3 atom stereocenters. The molecule has 1 unspecified atom stereocenters. The number of nitrogens with one attached hydrogen (secondary N) is 1. The molecule has 0 bridgehead atoms. The maximum absolute atomic E-state index is 17.1. The summed E-state index contributed by atoms with van der Waals surface area (Å²) < 4.78 is 44.5. The number of aliphatic hydroxyl groups excluding tert-OH is 1. The molecular weight excluding hydrogens is 772 g/mol. The van der Waals surface area contributed by atoms with Crippen LogP contribution in [0.15, 0.2) is 30.5 Å². The number of likely N-dealkylation sites (tertiary alicyclic amines) is 1. The van der Waals surface area contributed by atoms with Crippen molar-refractivity contribution in [3.8, 4) is 29.0 Å². The summed E-state index contributed by atoms with van der Waals surface area (Å²) in [4.78, 5) is 17.8. The van der Waals surface area contributed by atoms with Gasteiger partial charge in [0.25, 0.3) is 0 Å². The number of pyridine rings is 1. The number of halogens is 3. The number of rotatable bonds is 7. The molecule has 0 aliphatic carbocycles. The minimum absolute atomic E-state index is 0.0117. The summed E-state index contributed by atoms with van der Waals surface area (Å²) >= 11 is 7.92. The number of ether oxygens (including phenoxy) is 2. The van der Waals surface area contributed by atoms with Gasteiger partial charge in [-0.2, -0.15) is 15.2 Å². The second kappa shape index (κ2) is 21.8. The first-order chi connectivity index (χ1) is 27.4. The van der Waals surface area contributed by atoms with E-state index in [0.717, 1.165) is 30.0 Å². The average Bonchev–Trinajstić information content (AvgIpc) is 3.45. The Morgan fingerprint density at radius 3 is 2.40 bits per heavy atom. The second-order valence-electron chi connectivity index (χ2n) is 12.6. The van der Waals surface area contributed by atoms with Crippen LogP contribution in [-0.4, -0.2) is 84.6 Å². The van der Waals surface area contributed by atoms with Crippen LogP contribution in [0.4, 0.5) is 25.4 Å². The molecule has 2 aliphatic rings. The van der Waals surface area contributed by atoms with Crippen LogP contribution in [0.25, 0.3) is 32.1 Å². The predicted octanol–water partition coefficient (Wildman–Crippen LogP) is 8.44. The third kappa shape index (κ3) is 9.76. The van der Waals surface area contributed by atoms with Crippen LogP contribution < -0.4 is 31.2 Å². The number of anilines is 3. The highest BCUT2D eigenvalue weighted by atomic mass is 35.5. The highest BCUT2D eigenvalue weighted by molar-refractivity contribution is 7.23. The summed E-state index contributed by atoms with van der Waals surface area (Å²) in [7, 11) is 3.97. The third-order valence-corrected chi connectivity index (χ3v) is 10.8. The van der Waals surface area contributed by atoms with Gasteiger partial charge in [0.15, 0.2) is 11.6 Å². The predicted molar refractivity (Wildman–Crippen MR) is 230 cm³/mol. The molecule has 12 nitrogen and oxygen atoms in total. The number of hydrogen-bond acceptors (Lipinski definition) is 13. The number of aromatic nitrogens is 3. The normalized spacial score (nSPS) is 16.1. The molecular formula is C41H56ClF2N9O3S. The molecule has 16 heteroatoms. The molecule has 0 saturated carbocycles. The van der Waals surface area contributed by atoms with E-state index >= 15 is 4.39 Å². The molecule has 57 heavy (non-hydrogen) atoms. The summed E-state index contributed by atoms with van der Waals surface area (Å²) in [5.74, 6) is -0.255. The standard InChI is InChI=1S/C32H29ClF2N8O2S.C3H9N.C2H6O.2C2H6/c1-14-16(12-42(14)3)13-45-32-40-26-23-27(44-10-9-43(31(23)41-32)15(2)17-5-4-8-39-29(17)37)24(33)22(25(26)35)18-6-7-20(34)28-21(18)19(11-36)30(38)46-28;1-3-4-2;1-2-3;2*1-2/h4-8,14-16H,9-10,12-13,38H2,1-3H3,(H2,37,39);4H,3H2,1-2H3;3H,2H2,1H3;2*1-2H3/t14?,15-,16-;;;;/m1..../s1. The number of nitriles is 1. The Kier molecular flexibility index (Phi) is 17.9. The first-order valence-electron chi connectivity index (χ1n) is 19.3. The molecule has 1 saturated heterocycles. The fourth-order valence-corrected chi connectivity index (χ4v) is 7.64. The van der Waals surface area contributed by atoms with Crippen LogP contribution in [0.1, 0.15) is 72.6 Å². The third-order valence-electron chi connectivity index (χ3n) is 9.46. The van der Waals surface area contributed by atoms with Crippen molar-refractivity contribution >= 4 is 60.6 Å². The fourth-order valence-electron chi connectivity index (χ4n) is 6.35. The Hall–Kier alpha value is -4.59. The van der Waals surface area contributed by atoms with Gasteiger partial charge in [-0.15, -0.1) is 11.3 Å². The number of fused-ring (bicyclic) bond motifs is 1. The van der Waals surface area contributed by atoms with E-state index < -0.39 is 11.6 Å². The molecule has 6 N–H and O–H groups in total. The molecule has 3 aromatic heterocycles. The lowest BCUT2D eigenvalue weighted by Gasteiger charge is -2.43. The van der Waals surface area contributed by atoms with Gasteiger partial charge in [-0.25, -0.2) is 13.8 Å². The Balaban J connectivity index is 0.000000716. The van der Waals surface area contributed by atoms with Crippen LogP contribution in [0.3, 0.4) is 0 Å². The van der Waals surface area contributed by atoms with E-state index in [2.05, 4.69) is 34.0 Å². The topological polar surface area (TPSA) is 172 Å². The molecule has 0 radical (unpaired) electrons. The smallest absolute Gasteiger partial charge is 0.319 e. The minimum Gasteiger partial charge on any atom is -0.489 e. The van der Waals surface area contributed by atoms with Crippen LogP contribution in [0, 0.1) is 28.9 Å². The van der Waals surface area contributed by atoms with Crippen molar-refractivity contribution in [2.75, 3.05) is 69.9 Å². The lowest BCUT2D eigenvalue weighted by molar-refractivity contribution is 0.0199. The molecule has 310 valence electrons. The van der Waals surface area contributed by atoms with E-state index in [9.17, 15) is 9.65 Å². The maximum Gasteiger partial charge on any atom is 0.319 e. The lowest BCUT2D eigenvalue weighted by Crippen LogP contribution is -2.54. The Morgan fingerprint density at radius 2 is 1.82 bits per heavy atom. The second-order valence-corrected chi connectivity index (χ2v) is 14.0. The number of nitrogen functional groups attached to an aromatic ring is 2. The fraction of sp³-hybridized carbons (Fsp3) is 0.463. The van der Waals surface area contributed by atoms with Gasteiger partial charge in [0.2, 0.25) is 0 Å². The molecule has 0 spiro atoms. The van der Waals surface area contributed by atoms with Gasteiger partial charge >= 0.3 is 6.01 Å². The number of nitrogens with zero attached hydrogens (tertiary/aromatic N) is 6. The van der Waals surface area contributed by atoms with Crippen molar-refractivity contribution in [1.82, 2.24) is 25.2 Å². The Labute approximate surface area is 343 Å². The van der Waals surface area contributed by atoms with Crippen molar-refractivity contribution in [2.24, 2.45) is 5.92 Å². The molecule has 5 heterocycles. The van der Waals surface area contributed by atoms with Crippen LogP contribution in [0.5, 0.6) is 11.8 Å². The van der Waals surface area contributed by atoms with Gasteiger partial charge in [0, 0.05) is 47.8 Å². The van der Waals surface area contributed by atoms with Gasteiger partial charge < -0.3 is 41.2 Å². The summed E-state index contributed by atoms with van der Waals surface area (Å²) in [6, 6.07) is 8.24. The molecule has 0 amide bonds. The van der Waals surface area contributed by atoms with E-state index in [0.29, 0.717) is 30.8 Å². The minimum atomic E-state index is -0.797. The summed E-state index contributed by atoms with van der Waals surface area (Å²) in [5.41, 5.74) is 13.1. The zero-order valence-corrected chi connectivity index (χ0v) is 36.1. The van der Waals surface area contributed by atoms with Crippen LogP contribution >= 0.6 is 22.9 Å². The number of hydrogen-bond donors (Lipinski definition) is 4. The lowest BCUT2D eigenvalue weighted by atomic mass is 9.92. The van der Waals surface area contributed by atoms with Gasteiger partial charge in [-0.1, -0.05) is 58.4 Å². The van der Waals surface area contributed by atoms with Crippen molar-refractivity contribution in [3.63, 3.8) is 0 Å². The highest BCUT2D eigenvalue weighted by Gasteiger charge is 2.35. The molecule has 1 fully saturated rings. The first kappa shape index (κ1) is 46.8. The zero-order chi connectivity index (χ0) is 42.6. The summed E-state index contributed by atoms with van der Waals surface area (Å²) in [6.45, 7) is 18.8. The van der Waals surface area contributed by atoms with Crippen LogP contribution in [0.2, 0.25) is 5.02 Å². The van der Waals surface area contributed by atoms with E-state index in [1.165, 1.54) is 12.1 Å². The molecule has 2 aliphatic heterocycles.